The summed E-state index contributed by atoms with van der Waals surface area (Å²) < 4.78 is 4.98. The van der Waals surface area contributed by atoms with Crippen molar-refractivity contribution >= 4 is 22.5 Å². The molecule has 1 aromatic carbocycles. The predicted octanol–water partition coefficient (Wildman–Crippen LogP) is 1.69. The molecule has 0 saturated carbocycles. The fourth-order valence-electron chi connectivity index (χ4n) is 2.41. The summed E-state index contributed by atoms with van der Waals surface area (Å²) in [7, 11) is 0. The van der Waals surface area contributed by atoms with Gasteiger partial charge in [-0.15, -0.1) is 0 Å². The van der Waals surface area contributed by atoms with Crippen LogP contribution in [-0.4, -0.2) is 18.1 Å². The Balaban J connectivity index is 2.08. The summed E-state index contributed by atoms with van der Waals surface area (Å²) in [5, 5.41) is 0. The smallest absolute Gasteiger partial charge is 0.408 e. The lowest BCUT2D eigenvalue weighted by Gasteiger charge is -2.29. The number of hydrogen-bond donors (Lipinski definition) is 2. The van der Waals surface area contributed by atoms with E-state index in [1.165, 1.54) is 19.3 Å². The third kappa shape index (κ3) is 1.77. The number of piperidine rings is 1. The van der Waals surface area contributed by atoms with Crippen molar-refractivity contribution in [2.45, 2.75) is 19.3 Å². The Bertz CT molecular complexity index is 593. The molecular weight excluding hydrogens is 218 g/mol. The van der Waals surface area contributed by atoms with Gasteiger partial charge in [0.25, 0.3) is 0 Å². The average molecular weight is 233 g/mol. The van der Waals surface area contributed by atoms with Gasteiger partial charge in [0.05, 0.1) is 16.9 Å². The maximum Gasteiger partial charge on any atom is 0.417 e. The van der Waals surface area contributed by atoms with E-state index >= 15 is 0 Å². The van der Waals surface area contributed by atoms with Gasteiger partial charge in [-0.1, -0.05) is 0 Å². The van der Waals surface area contributed by atoms with Gasteiger partial charge in [0.1, 0.15) is 0 Å². The van der Waals surface area contributed by atoms with Crippen LogP contribution in [-0.2, 0) is 0 Å². The van der Waals surface area contributed by atoms with Crippen molar-refractivity contribution in [1.29, 1.82) is 0 Å². The first-order valence-corrected chi connectivity index (χ1v) is 5.91. The molecule has 1 fully saturated rings. The summed E-state index contributed by atoms with van der Waals surface area (Å²) in [6, 6.07) is 3.62. The number of nitrogens with two attached hydrogens (primary N) is 1. The molecule has 0 atom stereocenters. The first-order valence-electron chi connectivity index (χ1n) is 5.91. The van der Waals surface area contributed by atoms with Crippen LogP contribution in [0, 0.1) is 0 Å². The number of aromatic nitrogens is 1. The molecule has 0 aliphatic carbocycles. The van der Waals surface area contributed by atoms with Gasteiger partial charge < -0.3 is 15.1 Å². The molecular formula is C12H15N3O2. The molecule has 1 saturated heterocycles. The highest BCUT2D eigenvalue weighted by Crippen LogP contribution is 2.29. The molecule has 0 radical (unpaired) electrons. The van der Waals surface area contributed by atoms with E-state index in [-0.39, 0.29) is 0 Å². The maximum absolute atomic E-state index is 11.1. The van der Waals surface area contributed by atoms with E-state index in [0.717, 1.165) is 18.8 Å². The fraction of sp³-hybridized carbons (Fsp3) is 0.417. The number of nitrogens with one attached hydrogen (secondary N) is 1. The molecule has 17 heavy (non-hydrogen) atoms. The molecule has 2 heterocycles. The molecule has 2 aromatic rings. The number of H-pyrrole nitrogens is 1. The molecule has 0 spiro atoms. The van der Waals surface area contributed by atoms with E-state index in [0.29, 0.717) is 16.8 Å². The van der Waals surface area contributed by atoms with Gasteiger partial charge in [-0.05, 0) is 25.3 Å². The Morgan fingerprint density at radius 3 is 2.76 bits per heavy atom. The number of fused-ring (bicyclic) bond motifs is 1. The monoisotopic (exact) mass is 233 g/mol. The van der Waals surface area contributed by atoms with Crippen LogP contribution in [0.3, 0.4) is 0 Å². The highest BCUT2D eigenvalue weighted by atomic mass is 16.4. The van der Waals surface area contributed by atoms with Crippen LogP contribution >= 0.6 is 0 Å². The molecule has 3 rings (SSSR count). The average Bonchev–Trinajstić information content (AvgIpc) is 2.68. The number of anilines is 2. The zero-order chi connectivity index (χ0) is 11.8. The van der Waals surface area contributed by atoms with Crippen molar-refractivity contribution in [2.24, 2.45) is 0 Å². The standard InChI is InChI=1S/C12H15N3O2/c13-8-6-11-9(14-12(16)17-11)7-10(8)15-4-2-1-3-5-15/h6-7H,1-5,13H2,(H,14,16). The summed E-state index contributed by atoms with van der Waals surface area (Å²) in [4.78, 5) is 16.0. The van der Waals surface area contributed by atoms with Crippen molar-refractivity contribution in [3.63, 3.8) is 0 Å². The van der Waals surface area contributed by atoms with Gasteiger partial charge in [0.2, 0.25) is 0 Å². The molecule has 0 amide bonds. The number of nitrogen functional groups attached to an aromatic ring is 1. The molecule has 3 N–H and O–H groups in total. The zero-order valence-corrected chi connectivity index (χ0v) is 9.53. The zero-order valence-electron chi connectivity index (χ0n) is 9.53. The number of hydrogen-bond acceptors (Lipinski definition) is 4. The van der Waals surface area contributed by atoms with Gasteiger partial charge in [0, 0.05) is 19.2 Å². The van der Waals surface area contributed by atoms with E-state index in [1.807, 2.05) is 6.07 Å². The first-order chi connectivity index (χ1) is 8.24. The number of nitrogens with zero attached hydrogens (tertiary/aromatic N) is 1. The molecule has 90 valence electrons. The highest BCUT2D eigenvalue weighted by molar-refractivity contribution is 5.85. The SMILES string of the molecule is Nc1cc2oc(=O)[nH]c2cc1N1CCCCC1. The summed E-state index contributed by atoms with van der Waals surface area (Å²) >= 11 is 0. The number of aromatic amines is 1. The lowest BCUT2D eigenvalue weighted by Crippen LogP contribution is -2.29. The molecule has 1 aromatic heterocycles. The van der Waals surface area contributed by atoms with Crippen LogP contribution in [0.25, 0.3) is 11.1 Å². The van der Waals surface area contributed by atoms with E-state index < -0.39 is 5.76 Å². The van der Waals surface area contributed by atoms with Crippen LogP contribution in [0.2, 0.25) is 0 Å². The molecule has 0 unspecified atom stereocenters. The van der Waals surface area contributed by atoms with Gasteiger partial charge >= 0.3 is 5.76 Å². The van der Waals surface area contributed by atoms with Gasteiger partial charge in [-0.3, -0.25) is 4.98 Å². The Labute approximate surface area is 98.2 Å². The minimum absolute atomic E-state index is 0.435. The van der Waals surface area contributed by atoms with Crippen LogP contribution in [0.15, 0.2) is 21.3 Å². The second kappa shape index (κ2) is 3.84. The normalized spacial score (nSPS) is 16.6. The Kier molecular flexibility index (Phi) is 2.31. The molecule has 5 heteroatoms. The maximum atomic E-state index is 11.1. The number of rotatable bonds is 1. The van der Waals surface area contributed by atoms with Crippen LogP contribution in [0.1, 0.15) is 19.3 Å². The van der Waals surface area contributed by atoms with Crippen LogP contribution < -0.4 is 16.4 Å². The van der Waals surface area contributed by atoms with E-state index in [4.69, 9.17) is 10.2 Å². The third-order valence-corrected chi connectivity index (χ3v) is 3.27. The summed E-state index contributed by atoms with van der Waals surface area (Å²) in [5.74, 6) is -0.435. The highest BCUT2D eigenvalue weighted by Gasteiger charge is 2.15. The lowest BCUT2D eigenvalue weighted by atomic mass is 10.1. The summed E-state index contributed by atoms with van der Waals surface area (Å²) in [5.41, 5.74) is 8.91. The van der Waals surface area contributed by atoms with Crippen molar-refractivity contribution in [1.82, 2.24) is 4.98 Å². The topological polar surface area (TPSA) is 75.3 Å². The molecule has 5 nitrogen and oxygen atoms in total. The Morgan fingerprint density at radius 2 is 2.00 bits per heavy atom. The quantitative estimate of drug-likeness (QED) is 0.735. The predicted molar refractivity (Wildman–Crippen MR) is 67.3 cm³/mol. The Hall–Kier alpha value is -1.91. The minimum Gasteiger partial charge on any atom is -0.408 e. The second-order valence-corrected chi connectivity index (χ2v) is 4.47. The lowest BCUT2D eigenvalue weighted by molar-refractivity contribution is 0.555. The third-order valence-electron chi connectivity index (χ3n) is 3.27. The first kappa shape index (κ1) is 10.3. The van der Waals surface area contributed by atoms with Crippen molar-refractivity contribution in [3.05, 3.63) is 22.7 Å². The largest absolute Gasteiger partial charge is 0.417 e. The summed E-state index contributed by atoms with van der Waals surface area (Å²) in [6.07, 6.45) is 3.67. The minimum atomic E-state index is -0.435. The number of benzene rings is 1. The van der Waals surface area contributed by atoms with Gasteiger partial charge in [-0.2, -0.15) is 0 Å². The van der Waals surface area contributed by atoms with Crippen LogP contribution in [0.4, 0.5) is 11.4 Å². The number of oxazole rings is 1. The van der Waals surface area contributed by atoms with Crippen molar-refractivity contribution in [3.8, 4) is 0 Å². The van der Waals surface area contributed by atoms with E-state index in [1.54, 1.807) is 6.07 Å². The van der Waals surface area contributed by atoms with Crippen molar-refractivity contribution < 1.29 is 4.42 Å². The summed E-state index contributed by atoms with van der Waals surface area (Å²) in [6.45, 7) is 2.05. The van der Waals surface area contributed by atoms with Gasteiger partial charge in [0.15, 0.2) is 5.58 Å². The van der Waals surface area contributed by atoms with Gasteiger partial charge in [-0.25, -0.2) is 4.79 Å². The molecule has 1 aliphatic heterocycles. The van der Waals surface area contributed by atoms with Crippen LogP contribution in [0.5, 0.6) is 0 Å². The van der Waals surface area contributed by atoms with E-state index in [2.05, 4.69) is 9.88 Å². The second-order valence-electron chi connectivity index (χ2n) is 4.47. The Morgan fingerprint density at radius 1 is 1.24 bits per heavy atom. The fourth-order valence-corrected chi connectivity index (χ4v) is 2.41. The molecule has 1 aliphatic rings. The molecule has 0 bridgehead atoms. The van der Waals surface area contributed by atoms with E-state index in [9.17, 15) is 4.79 Å². The van der Waals surface area contributed by atoms with Crippen molar-refractivity contribution in [2.75, 3.05) is 23.7 Å².